The zero-order valence-corrected chi connectivity index (χ0v) is 15.6. The van der Waals surface area contributed by atoms with Gasteiger partial charge in [0.1, 0.15) is 6.04 Å². The van der Waals surface area contributed by atoms with Gasteiger partial charge in [0.2, 0.25) is 5.88 Å². The fraction of sp³-hybridized carbons (Fsp3) is 0.650. The second-order valence-corrected chi connectivity index (χ2v) is 7.49. The molecule has 2 aliphatic rings. The van der Waals surface area contributed by atoms with Crippen molar-refractivity contribution in [1.29, 1.82) is 0 Å². The van der Waals surface area contributed by atoms with Gasteiger partial charge in [0, 0.05) is 17.8 Å². The van der Waals surface area contributed by atoms with Gasteiger partial charge in [-0.2, -0.15) is 0 Å². The van der Waals surface area contributed by atoms with Crippen molar-refractivity contribution < 1.29 is 19.1 Å². The summed E-state index contributed by atoms with van der Waals surface area (Å²) in [6.45, 7) is 3.91. The topological polar surface area (TPSA) is 77.5 Å². The van der Waals surface area contributed by atoms with E-state index in [0.717, 1.165) is 44.1 Å². The number of carbonyl (C=O) groups is 2. The number of ether oxygens (including phenoxy) is 2. The van der Waals surface area contributed by atoms with Crippen LogP contribution in [0.4, 0.5) is 0 Å². The Bertz CT molecular complexity index is 640. The maximum absolute atomic E-state index is 12.4. The number of rotatable bonds is 5. The molecular weight excluding hydrogens is 332 g/mol. The molecule has 2 fully saturated rings. The molecule has 26 heavy (non-hydrogen) atoms. The van der Waals surface area contributed by atoms with Crippen LogP contribution in [0.15, 0.2) is 18.3 Å². The molecule has 2 atom stereocenters. The summed E-state index contributed by atoms with van der Waals surface area (Å²) >= 11 is 0. The van der Waals surface area contributed by atoms with Crippen LogP contribution in [-0.2, 0) is 14.3 Å². The zero-order chi connectivity index (χ0) is 18.5. The van der Waals surface area contributed by atoms with Crippen LogP contribution < -0.4 is 10.1 Å². The highest BCUT2D eigenvalue weighted by Crippen LogP contribution is 2.32. The molecule has 2 unspecified atom stereocenters. The summed E-state index contributed by atoms with van der Waals surface area (Å²) in [7, 11) is 0. The number of hydrogen-bond acceptors (Lipinski definition) is 6. The monoisotopic (exact) mass is 360 g/mol. The molecule has 142 valence electrons. The van der Waals surface area contributed by atoms with E-state index in [0.29, 0.717) is 12.3 Å². The van der Waals surface area contributed by atoms with Gasteiger partial charge in [-0.3, -0.25) is 10.1 Å². The Balaban J connectivity index is 1.58. The minimum atomic E-state index is -0.460. The van der Waals surface area contributed by atoms with Crippen molar-refractivity contribution in [3.05, 3.63) is 23.9 Å². The molecule has 0 bridgehead atoms. The molecule has 1 aliphatic carbocycles. The molecule has 0 aromatic carbocycles. The minimum Gasteiger partial charge on any atom is -0.475 e. The van der Waals surface area contributed by atoms with E-state index in [1.807, 2.05) is 26.0 Å². The predicted molar refractivity (Wildman–Crippen MR) is 96.6 cm³/mol. The van der Waals surface area contributed by atoms with E-state index in [1.165, 1.54) is 0 Å². The smallest absolute Gasteiger partial charge is 0.330 e. The van der Waals surface area contributed by atoms with Gasteiger partial charge in [-0.25, -0.2) is 9.78 Å². The lowest BCUT2D eigenvalue weighted by atomic mass is 9.89. The van der Waals surface area contributed by atoms with Gasteiger partial charge in [-0.05, 0) is 45.6 Å². The van der Waals surface area contributed by atoms with Crippen molar-refractivity contribution in [2.75, 3.05) is 0 Å². The number of nitrogens with zero attached hydrogens (tertiary/aromatic N) is 1. The van der Waals surface area contributed by atoms with Crippen molar-refractivity contribution in [3.63, 3.8) is 0 Å². The molecule has 1 saturated heterocycles. The van der Waals surface area contributed by atoms with Crippen LogP contribution >= 0.6 is 0 Å². The zero-order valence-electron chi connectivity index (χ0n) is 15.6. The maximum atomic E-state index is 12.4. The summed E-state index contributed by atoms with van der Waals surface area (Å²) in [5, 5.41) is 3.28. The van der Waals surface area contributed by atoms with E-state index in [1.54, 1.807) is 6.20 Å². The Labute approximate surface area is 154 Å². The van der Waals surface area contributed by atoms with Gasteiger partial charge < -0.3 is 9.47 Å². The quantitative estimate of drug-likeness (QED) is 0.641. The molecule has 0 spiro atoms. The van der Waals surface area contributed by atoms with Crippen molar-refractivity contribution in [3.8, 4) is 5.88 Å². The summed E-state index contributed by atoms with van der Waals surface area (Å²) in [5.41, 5.74) is 0.940. The van der Waals surface area contributed by atoms with Gasteiger partial charge in [0.15, 0.2) is 0 Å². The molecule has 0 amide bonds. The first-order valence-electron chi connectivity index (χ1n) is 9.67. The summed E-state index contributed by atoms with van der Waals surface area (Å²) in [6, 6.07) is 3.34. The average molecular weight is 360 g/mol. The molecule has 6 nitrogen and oxygen atoms in total. The van der Waals surface area contributed by atoms with E-state index in [2.05, 4.69) is 10.3 Å². The van der Waals surface area contributed by atoms with Crippen LogP contribution in [0.1, 0.15) is 70.4 Å². The summed E-state index contributed by atoms with van der Waals surface area (Å²) in [5.74, 6) is -0.343. The van der Waals surface area contributed by atoms with Crippen LogP contribution in [0, 0.1) is 5.92 Å². The van der Waals surface area contributed by atoms with Crippen molar-refractivity contribution in [2.45, 2.75) is 77.0 Å². The molecule has 0 radical (unpaired) electrons. The van der Waals surface area contributed by atoms with Crippen LogP contribution in [-0.4, -0.2) is 29.1 Å². The number of esters is 2. The minimum absolute atomic E-state index is 0.0268. The molecule has 1 N–H and O–H groups in total. The molecule has 6 heteroatoms. The van der Waals surface area contributed by atoms with Gasteiger partial charge in [0.05, 0.1) is 12.0 Å². The first-order chi connectivity index (χ1) is 12.5. The van der Waals surface area contributed by atoms with Crippen LogP contribution in [0.5, 0.6) is 5.88 Å². The van der Waals surface area contributed by atoms with Crippen LogP contribution in [0.2, 0.25) is 0 Å². The second-order valence-electron chi connectivity index (χ2n) is 7.49. The Kier molecular flexibility index (Phi) is 6.25. The van der Waals surface area contributed by atoms with Crippen LogP contribution in [0.3, 0.4) is 0 Å². The number of pyridine rings is 1. The third-order valence-corrected chi connectivity index (χ3v) is 5.09. The highest BCUT2D eigenvalue weighted by atomic mass is 16.6. The molecular formula is C20H28N2O4. The highest BCUT2D eigenvalue weighted by Gasteiger charge is 2.35. The van der Waals surface area contributed by atoms with Crippen molar-refractivity contribution in [1.82, 2.24) is 10.3 Å². The Morgan fingerprint density at radius 2 is 1.88 bits per heavy atom. The molecule has 2 heterocycles. The highest BCUT2D eigenvalue weighted by molar-refractivity contribution is 5.89. The average Bonchev–Trinajstić information content (AvgIpc) is 3.12. The first kappa shape index (κ1) is 18.8. The van der Waals surface area contributed by atoms with E-state index in [4.69, 9.17) is 9.47 Å². The lowest BCUT2D eigenvalue weighted by Crippen LogP contribution is -2.36. The fourth-order valence-corrected chi connectivity index (χ4v) is 3.76. The largest absolute Gasteiger partial charge is 0.475 e. The Hall–Kier alpha value is -1.95. The Morgan fingerprint density at radius 1 is 1.12 bits per heavy atom. The lowest BCUT2D eigenvalue weighted by Gasteiger charge is -2.20. The Morgan fingerprint density at radius 3 is 2.62 bits per heavy atom. The summed E-state index contributed by atoms with van der Waals surface area (Å²) in [6.07, 6.45) is 8.04. The summed E-state index contributed by atoms with van der Waals surface area (Å²) in [4.78, 5) is 28.9. The normalized spacial score (nSPS) is 23.8. The first-order valence-corrected chi connectivity index (χ1v) is 9.67. The van der Waals surface area contributed by atoms with Gasteiger partial charge in [-0.15, -0.1) is 0 Å². The number of aromatic nitrogens is 1. The molecule has 3 rings (SSSR count). The lowest BCUT2D eigenvalue weighted by molar-refractivity contribution is -0.164. The molecule has 1 aromatic rings. The van der Waals surface area contributed by atoms with Crippen molar-refractivity contribution >= 4 is 11.9 Å². The molecule has 1 aliphatic heterocycles. The van der Waals surface area contributed by atoms with E-state index in [9.17, 15) is 9.59 Å². The number of nitrogens with one attached hydrogen (secondary N) is 1. The molecule has 1 aromatic heterocycles. The third kappa shape index (κ3) is 4.61. The maximum Gasteiger partial charge on any atom is 0.330 e. The number of hydrogen-bond donors (Lipinski definition) is 1. The predicted octanol–water partition coefficient (Wildman–Crippen LogP) is 3.31. The molecule has 1 saturated carbocycles. The second kappa shape index (κ2) is 8.62. The van der Waals surface area contributed by atoms with Gasteiger partial charge >= 0.3 is 11.9 Å². The van der Waals surface area contributed by atoms with Gasteiger partial charge in [0.25, 0.3) is 0 Å². The third-order valence-electron chi connectivity index (χ3n) is 5.09. The van der Waals surface area contributed by atoms with Crippen molar-refractivity contribution in [2.24, 2.45) is 5.92 Å². The van der Waals surface area contributed by atoms with E-state index in [-0.39, 0.29) is 24.0 Å². The standard InChI is InChI=1S/C20H28N2O4/c1-13(2)25-18-15(9-6-12-21-18)16-10-11-17(22-16)20(24)26-19(23)14-7-4-3-5-8-14/h6,9,12-14,16-17,22H,3-5,7-8,10-11H2,1-2H3. The summed E-state index contributed by atoms with van der Waals surface area (Å²) < 4.78 is 10.9. The fourth-order valence-electron chi connectivity index (χ4n) is 3.76. The van der Waals surface area contributed by atoms with E-state index >= 15 is 0 Å². The van der Waals surface area contributed by atoms with Crippen LogP contribution in [0.25, 0.3) is 0 Å². The SMILES string of the molecule is CC(C)Oc1ncccc1C1CCC(C(=O)OC(=O)C2CCCCC2)N1. The number of carbonyl (C=O) groups excluding carboxylic acids is 2. The van der Waals surface area contributed by atoms with Gasteiger partial charge in [-0.1, -0.05) is 25.3 Å². The van der Waals surface area contributed by atoms with E-state index < -0.39 is 12.0 Å².